The van der Waals surface area contributed by atoms with Gasteiger partial charge in [0.15, 0.2) is 5.65 Å². The molecule has 2 aromatic rings. The molecule has 2 heterocycles. The van der Waals surface area contributed by atoms with Gasteiger partial charge in [-0.1, -0.05) is 13.8 Å². The minimum absolute atomic E-state index is 0.446. The van der Waals surface area contributed by atoms with Crippen LogP contribution in [0.4, 0.5) is 0 Å². The van der Waals surface area contributed by atoms with E-state index in [1.54, 1.807) is 0 Å². The zero-order chi connectivity index (χ0) is 10.3. The van der Waals surface area contributed by atoms with Gasteiger partial charge in [0, 0.05) is 12.4 Å². The fourth-order valence-electron chi connectivity index (χ4n) is 1.38. The van der Waals surface area contributed by atoms with Crippen LogP contribution in [0.3, 0.4) is 0 Å². The van der Waals surface area contributed by atoms with Gasteiger partial charge in [-0.3, -0.25) is 0 Å². The lowest BCUT2D eigenvalue weighted by molar-refractivity contribution is 0.834. The molecule has 14 heavy (non-hydrogen) atoms. The first kappa shape index (κ1) is 9.65. The monoisotopic (exact) mass is 253 g/mol. The minimum Gasteiger partial charge on any atom is -0.303 e. The maximum Gasteiger partial charge on any atom is 0.170 e. The highest BCUT2D eigenvalue weighted by Gasteiger charge is 2.08. The molecule has 3 nitrogen and oxygen atoms in total. The van der Waals surface area contributed by atoms with E-state index in [2.05, 4.69) is 45.9 Å². The van der Waals surface area contributed by atoms with Crippen LogP contribution in [0.1, 0.15) is 31.2 Å². The van der Waals surface area contributed by atoms with Crippen molar-refractivity contribution < 1.29 is 0 Å². The Balaban J connectivity index is 2.70. The molecule has 2 aromatic heterocycles. The quantitative estimate of drug-likeness (QED) is 0.783. The summed E-state index contributed by atoms with van der Waals surface area (Å²) in [5.41, 5.74) is 2.97. The standard InChI is InChI=1S/C10H12BrN3/c1-6(2)8-5-14-4-7(3)12-9(11)10(14)13-8/h4-6H,1-3H3. The summed E-state index contributed by atoms with van der Waals surface area (Å²) in [4.78, 5) is 8.81. The van der Waals surface area contributed by atoms with Gasteiger partial charge in [0.1, 0.15) is 4.60 Å². The van der Waals surface area contributed by atoms with Crippen LogP contribution in [0.15, 0.2) is 17.0 Å². The number of halogens is 1. The van der Waals surface area contributed by atoms with Crippen molar-refractivity contribution in [3.63, 3.8) is 0 Å². The van der Waals surface area contributed by atoms with Gasteiger partial charge in [0.2, 0.25) is 0 Å². The van der Waals surface area contributed by atoms with Crippen molar-refractivity contribution in [3.05, 3.63) is 28.4 Å². The zero-order valence-electron chi connectivity index (χ0n) is 8.45. The van der Waals surface area contributed by atoms with Crippen molar-refractivity contribution in [2.45, 2.75) is 26.7 Å². The van der Waals surface area contributed by atoms with Gasteiger partial charge in [0.05, 0.1) is 11.4 Å². The molecule has 0 radical (unpaired) electrons. The molecule has 74 valence electrons. The first-order valence-electron chi connectivity index (χ1n) is 4.59. The van der Waals surface area contributed by atoms with Crippen LogP contribution in [-0.4, -0.2) is 14.4 Å². The number of fused-ring (bicyclic) bond motifs is 1. The minimum atomic E-state index is 0.446. The Morgan fingerprint density at radius 3 is 2.64 bits per heavy atom. The molecule has 0 fully saturated rings. The van der Waals surface area contributed by atoms with Gasteiger partial charge in [-0.25, -0.2) is 9.97 Å². The van der Waals surface area contributed by atoms with Gasteiger partial charge in [-0.2, -0.15) is 0 Å². The van der Waals surface area contributed by atoms with E-state index >= 15 is 0 Å². The van der Waals surface area contributed by atoms with Crippen molar-refractivity contribution in [2.75, 3.05) is 0 Å². The van der Waals surface area contributed by atoms with Crippen LogP contribution in [0.5, 0.6) is 0 Å². The fourth-order valence-corrected chi connectivity index (χ4v) is 1.95. The van der Waals surface area contributed by atoms with Crippen LogP contribution in [0.25, 0.3) is 5.65 Å². The normalized spacial score (nSPS) is 11.5. The summed E-state index contributed by atoms with van der Waals surface area (Å²) in [5.74, 6) is 0.446. The number of aromatic nitrogens is 3. The maximum atomic E-state index is 4.51. The average molecular weight is 254 g/mol. The van der Waals surface area contributed by atoms with Crippen LogP contribution in [0, 0.1) is 6.92 Å². The highest BCUT2D eigenvalue weighted by molar-refractivity contribution is 9.10. The van der Waals surface area contributed by atoms with Gasteiger partial charge in [-0.05, 0) is 28.8 Å². The first-order chi connectivity index (χ1) is 6.58. The second kappa shape index (κ2) is 3.35. The Bertz CT molecular complexity index is 473. The van der Waals surface area contributed by atoms with E-state index in [0.717, 1.165) is 21.6 Å². The molecule has 2 rings (SSSR count). The third-order valence-corrected chi connectivity index (χ3v) is 2.66. The largest absolute Gasteiger partial charge is 0.303 e. The lowest BCUT2D eigenvalue weighted by Gasteiger charge is -1.96. The average Bonchev–Trinajstić information content (AvgIpc) is 2.47. The number of hydrogen-bond acceptors (Lipinski definition) is 2. The summed E-state index contributed by atoms with van der Waals surface area (Å²) in [6.07, 6.45) is 4.04. The molecule has 0 spiro atoms. The Morgan fingerprint density at radius 1 is 1.29 bits per heavy atom. The van der Waals surface area contributed by atoms with Gasteiger partial charge in [-0.15, -0.1) is 0 Å². The summed E-state index contributed by atoms with van der Waals surface area (Å²) in [5, 5.41) is 0. The predicted octanol–water partition coefficient (Wildman–Crippen LogP) is 2.92. The molecule has 0 bridgehead atoms. The Kier molecular flexibility index (Phi) is 2.31. The van der Waals surface area contributed by atoms with Crippen LogP contribution in [-0.2, 0) is 0 Å². The van der Waals surface area contributed by atoms with E-state index in [0.29, 0.717) is 5.92 Å². The molecule has 0 aliphatic heterocycles. The van der Waals surface area contributed by atoms with Crippen molar-refractivity contribution in [3.8, 4) is 0 Å². The van der Waals surface area contributed by atoms with E-state index in [4.69, 9.17) is 0 Å². The number of rotatable bonds is 1. The van der Waals surface area contributed by atoms with E-state index in [9.17, 15) is 0 Å². The van der Waals surface area contributed by atoms with Gasteiger partial charge in [0.25, 0.3) is 0 Å². The third-order valence-electron chi connectivity index (χ3n) is 2.13. The van der Waals surface area contributed by atoms with E-state index in [1.165, 1.54) is 0 Å². The van der Waals surface area contributed by atoms with Crippen molar-refractivity contribution in [2.24, 2.45) is 0 Å². The van der Waals surface area contributed by atoms with Crippen molar-refractivity contribution in [1.29, 1.82) is 0 Å². The summed E-state index contributed by atoms with van der Waals surface area (Å²) >= 11 is 3.42. The lowest BCUT2D eigenvalue weighted by Crippen LogP contribution is -1.90. The molecule has 0 unspecified atom stereocenters. The molecule has 0 saturated carbocycles. The van der Waals surface area contributed by atoms with Gasteiger partial charge >= 0.3 is 0 Å². The molecule has 4 heteroatoms. The first-order valence-corrected chi connectivity index (χ1v) is 5.39. The molecular weight excluding hydrogens is 242 g/mol. The topological polar surface area (TPSA) is 30.2 Å². The molecular formula is C10H12BrN3. The molecule has 0 N–H and O–H groups in total. The molecule has 0 aliphatic carbocycles. The second-order valence-corrected chi connectivity index (χ2v) is 4.48. The Morgan fingerprint density at radius 2 is 2.00 bits per heavy atom. The smallest absolute Gasteiger partial charge is 0.170 e. The Labute approximate surface area is 91.3 Å². The van der Waals surface area contributed by atoms with E-state index < -0.39 is 0 Å². The highest BCUT2D eigenvalue weighted by Crippen LogP contribution is 2.19. The summed E-state index contributed by atoms with van der Waals surface area (Å²) in [7, 11) is 0. The zero-order valence-corrected chi connectivity index (χ0v) is 10.0. The second-order valence-electron chi connectivity index (χ2n) is 3.72. The number of aryl methyl sites for hydroxylation is 1. The van der Waals surface area contributed by atoms with E-state index in [1.807, 2.05) is 17.5 Å². The number of hydrogen-bond donors (Lipinski definition) is 0. The molecule has 0 aromatic carbocycles. The molecule has 0 atom stereocenters. The molecule has 0 saturated heterocycles. The SMILES string of the molecule is Cc1cn2cc(C(C)C)nc2c(Br)n1. The molecule has 0 amide bonds. The maximum absolute atomic E-state index is 4.51. The summed E-state index contributed by atoms with van der Waals surface area (Å²) in [6.45, 7) is 6.24. The lowest BCUT2D eigenvalue weighted by atomic mass is 10.2. The Hall–Kier alpha value is -0.900. The highest BCUT2D eigenvalue weighted by atomic mass is 79.9. The van der Waals surface area contributed by atoms with Crippen molar-refractivity contribution >= 4 is 21.6 Å². The fraction of sp³-hybridized carbons (Fsp3) is 0.400. The van der Waals surface area contributed by atoms with Crippen LogP contribution < -0.4 is 0 Å². The van der Waals surface area contributed by atoms with Crippen LogP contribution in [0.2, 0.25) is 0 Å². The summed E-state index contributed by atoms with van der Waals surface area (Å²) < 4.78 is 2.83. The third kappa shape index (κ3) is 1.54. The predicted molar refractivity (Wildman–Crippen MR) is 59.5 cm³/mol. The van der Waals surface area contributed by atoms with E-state index in [-0.39, 0.29) is 0 Å². The van der Waals surface area contributed by atoms with Crippen LogP contribution >= 0.6 is 15.9 Å². The number of nitrogens with zero attached hydrogens (tertiary/aromatic N) is 3. The molecule has 0 aliphatic rings. The van der Waals surface area contributed by atoms with Crippen molar-refractivity contribution in [1.82, 2.24) is 14.4 Å². The summed E-state index contributed by atoms with van der Waals surface area (Å²) in [6, 6.07) is 0. The van der Waals surface area contributed by atoms with Gasteiger partial charge < -0.3 is 4.40 Å². The number of imidazole rings is 1.